The second-order valence-electron chi connectivity index (χ2n) is 5.90. The van der Waals surface area contributed by atoms with Gasteiger partial charge in [0.15, 0.2) is 5.11 Å². The molecule has 0 saturated carbocycles. The zero-order valence-electron chi connectivity index (χ0n) is 13.6. The summed E-state index contributed by atoms with van der Waals surface area (Å²) in [7, 11) is 0. The summed E-state index contributed by atoms with van der Waals surface area (Å²) in [5, 5.41) is 7.19. The minimum Gasteiger partial charge on any atom is -0.355 e. The van der Waals surface area contributed by atoms with E-state index in [1.807, 2.05) is 19.1 Å². The smallest absolute Gasteiger partial charge is 0.172 e. The Morgan fingerprint density at radius 1 is 1.14 bits per heavy atom. The Morgan fingerprint density at radius 3 is 2.50 bits per heavy atom. The number of nitrogens with zero attached hydrogens (tertiary/aromatic N) is 1. The molecule has 0 amide bonds. The fourth-order valence-electron chi connectivity index (χ4n) is 2.44. The van der Waals surface area contributed by atoms with E-state index < -0.39 is 0 Å². The average molecular weight is 313 g/mol. The summed E-state index contributed by atoms with van der Waals surface area (Å²) in [4.78, 5) is 4.28. The molecule has 0 saturated heterocycles. The van der Waals surface area contributed by atoms with Gasteiger partial charge in [-0.3, -0.25) is 0 Å². The van der Waals surface area contributed by atoms with Crippen LogP contribution in [0.5, 0.6) is 0 Å². The first-order chi connectivity index (χ1) is 10.5. The molecule has 0 aliphatic carbocycles. The number of aromatic nitrogens is 1. The molecule has 1 aromatic heterocycles. The van der Waals surface area contributed by atoms with Gasteiger partial charge in [0.05, 0.1) is 6.04 Å². The molecule has 0 radical (unpaired) electrons. The van der Waals surface area contributed by atoms with Gasteiger partial charge < -0.3 is 10.6 Å². The Morgan fingerprint density at radius 2 is 1.86 bits per heavy atom. The molecule has 116 valence electrons. The van der Waals surface area contributed by atoms with Crippen LogP contribution in [-0.4, -0.2) is 10.1 Å². The van der Waals surface area contributed by atoms with Gasteiger partial charge in [0, 0.05) is 6.20 Å². The normalized spacial score (nSPS) is 12.0. The van der Waals surface area contributed by atoms with Crippen LogP contribution in [0.15, 0.2) is 42.6 Å². The van der Waals surface area contributed by atoms with Crippen LogP contribution in [0.1, 0.15) is 36.6 Å². The first-order valence-corrected chi connectivity index (χ1v) is 7.94. The van der Waals surface area contributed by atoms with Crippen LogP contribution in [0.2, 0.25) is 0 Å². The van der Waals surface area contributed by atoms with E-state index in [0.29, 0.717) is 11.0 Å². The molecule has 0 aliphatic rings. The monoisotopic (exact) mass is 313 g/mol. The van der Waals surface area contributed by atoms with Gasteiger partial charge in [0.2, 0.25) is 0 Å². The summed E-state index contributed by atoms with van der Waals surface area (Å²) in [5.41, 5.74) is 3.70. The number of anilines is 1. The summed E-state index contributed by atoms with van der Waals surface area (Å²) >= 11 is 5.46. The lowest BCUT2D eigenvalue weighted by Crippen LogP contribution is -2.35. The van der Waals surface area contributed by atoms with Crippen LogP contribution >= 0.6 is 12.2 Å². The maximum atomic E-state index is 5.46. The molecule has 3 nitrogen and oxygen atoms in total. The predicted octanol–water partition coefficient (Wildman–Crippen LogP) is 4.38. The predicted molar refractivity (Wildman–Crippen MR) is 97.1 cm³/mol. The van der Waals surface area contributed by atoms with Gasteiger partial charge in [-0.2, -0.15) is 0 Å². The summed E-state index contributed by atoms with van der Waals surface area (Å²) in [5.74, 6) is 1.19. The van der Waals surface area contributed by atoms with Crippen molar-refractivity contribution >= 4 is 23.1 Å². The average Bonchev–Trinajstić information content (AvgIpc) is 2.45. The standard InChI is InChI=1S/C18H23N3S/c1-12(2)17(15-8-6-5-7-14(15)4)21-18(22)20-16-11-13(3)9-10-19-16/h5-12,17H,1-4H3,(H2,19,20,21,22). The van der Waals surface area contributed by atoms with E-state index in [0.717, 1.165) is 11.4 Å². The molecule has 0 aliphatic heterocycles. The molecule has 1 heterocycles. The SMILES string of the molecule is Cc1ccnc(NC(=S)NC(c2ccccc2C)C(C)C)c1. The second kappa shape index (κ2) is 7.36. The lowest BCUT2D eigenvalue weighted by molar-refractivity contribution is 0.471. The molecule has 4 heteroatoms. The molecule has 1 atom stereocenters. The molecular weight excluding hydrogens is 290 g/mol. The molecule has 0 bridgehead atoms. The van der Waals surface area contributed by atoms with E-state index in [1.165, 1.54) is 11.1 Å². The van der Waals surface area contributed by atoms with E-state index >= 15 is 0 Å². The van der Waals surface area contributed by atoms with Gasteiger partial charge in [-0.25, -0.2) is 4.98 Å². The van der Waals surface area contributed by atoms with Gasteiger partial charge in [-0.05, 0) is 60.8 Å². The molecular formula is C18H23N3S. The third-order valence-corrected chi connectivity index (χ3v) is 3.85. The van der Waals surface area contributed by atoms with Crippen LogP contribution in [0.4, 0.5) is 5.82 Å². The highest BCUT2D eigenvalue weighted by atomic mass is 32.1. The minimum absolute atomic E-state index is 0.172. The zero-order chi connectivity index (χ0) is 16.1. The van der Waals surface area contributed by atoms with Crippen LogP contribution in [0, 0.1) is 19.8 Å². The van der Waals surface area contributed by atoms with Crippen molar-refractivity contribution in [2.75, 3.05) is 5.32 Å². The second-order valence-corrected chi connectivity index (χ2v) is 6.30. The van der Waals surface area contributed by atoms with Crippen molar-refractivity contribution in [3.05, 3.63) is 59.3 Å². The van der Waals surface area contributed by atoms with Gasteiger partial charge in [-0.1, -0.05) is 38.1 Å². The number of benzene rings is 1. The Kier molecular flexibility index (Phi) is 5.50. The largest absolute Gasteiger partial charge is 0.355 e. The minimum atomic E-state index is 0.172. The van der Waals surface area contributed by atoms with Crippen LogP contribution < -0.4 is 10.6 Å². The van der Waals surface area contributed by atoms with Crippen molar-refractivity contribution in [3.63, 3.8) is 0 Å². The van der Waals surface area contributed by atoms with Crippen molar-refractivity contribution in [3.8, 4) is 0 Å². The molecule has 2 rings (SSSR count). The Bertz CT molecular complexity index is 652. The van der Waals surface area contributed by atoms with Crippen molar-refractivity contribution < 1.29 is 0 Å². The fraction of sp³-hybridized carbons (Fsp3) is 0.333. The zero-order valence-corrected chi connectivity index (χ0v) is 14.4. The number of thiocarbonyl (C=S) groups is 1. The van der Waals surface area contributed by atoms with Crippen molar-refractivity contribution in [1.29, 1.82) is 0 Å². The van der Waals surface area contributed by atoms with Crippen molar-refractivity contribution in [1.82, 2.24) is 10.3 Å². The van der Waals surface area contributed by atoms with Gasteiger partial charge in [-0.15, -0.1) is 0 Å². The third-order valence-electron chi connectivity index (χ3n) is 3.63. The number of rotatable bonds is 4. The molecule has 0 spiro atoms. The molecule has 1 aromatic carbocycles. The topological polar surface area (TPSA) is 37.0 Å². The number of hydrogen-bond donors (Lipinski definition) is 2. The van der Waals surface area contributed by atoms with E-state index in [4.69, 9.17) is 12.2 Å². The fourth-order valence-corrected chi connectivity index (χ4v) is 2.67. The maximum absolute atomic E-state index is 5.46. The number of pyridine rings is 1. The Labute approximate surface area is 138 Å². The van der Waals surface area contributed by atoms with Crippen LogP contribution in [0.25, 0.3) is 0 Å². The lowest BCUT2D eigenvalue weighted by atomic mass is 9.93. The van der Waals surface area contributed by atoms with Crippen LogP contribution in [0.3, 0.4) is 0 Å². The van der Waals surface area contributed by atoms with Gasteiger partial charge in [0.1, 0.15) is 5.82 Å². The number of aryl methyl sites for hydroxylation is 2. The maximum Gasteiger partial charge on any atom is 0.172 e. The van der Waals surface area contributed by atoms with Crippen molar-refractivity contribution in [2.45, 2.75) is 33.7 Å². The van der Waals surface area contributed by atoms with E-state index in [2.05, 4.69) is 60.7 Å². The number of hydrogen-bond acceptors (Lipinski definition) is 2. The first-order valence-electron chi connectivity index (χ1n) is 7.53. The summed E-state index contributed by atoms with van der Waals surface area (Å²) in [6, 6.07) is 12.5. The molecule has 1 unspecified atom stereocenters. The number of nitrogens with one attached hydrogen (secondary N) is 2. The summed E-state index contributed by atoms with van der Waals surface area (Å²) in [6.45, 7) is 8.55. The quantitative estimate of drug-likeness (QED) is 0.821. The lowest BCUT2D eigenvalue weighted by Gasteiger charge is -2.26. The molecule has 22 heavy (non-hydrogen) atoms. The highest BCUT2D eigenvalue weighted by molar-refractivity contribution is 7.80. The highest BCUT2D eigenvalue weighted by Crippen LogP contribution is 2.24. The van der Waals surface area contributed by atoms with Crippen LogP contribution in [-0.2, 0) is 0 Å². The Hall–Kier alpha value is -1.94. The van der Waals surface area contributed by atoms with E-state index in [1.54, 1.807) is 6.20 Å². The Balaban J connectivity index is 2.11. The van der Waals surface area contributed by atoms with Crippen molar-refractivity contribution in [2.24, 2.45) is 5.92 Å². The summed E-state index contributed by atoms with van der Waals surface area (Å²) < 4.78 is 0. The molecule has 2 N–H and O–H groups in total. The highest BCUT2D eigenvalue weighted by Gasteiger charge is 2.18. The van der Waals surface area contributed by atoms with Gasteiger partial charge in [0.25, 0.3) is 0 Å². The van der Waals surface area contributed by atoms with E-state index in [-0.39, 0.29) is 6.04 Å². The summed E-state index contributed by atoms with van der Waals surface area (Å²) in [6.07, 6.45) is 1.78. The third kappa shape index (κ3) is 4.28. The first kappa shape index (κ1) is 16.4. The van der Waals surface area contributed by atoms with E-state index in [9.17, 15) is 0 Å². The van der Waals surface area contributed by atoms with Gasteiger partial charge >= 0.3 is 0 Å². The molecule has 2 aromatic rings. The molecule has 0 fully saturated rings.